The van der Waals surface area contributed by atoms with E-state index >= 15 is 0 Å². The molecule has 0 bridgehead atoms. The summed E-state index contributed by atoms with van der Waals surface area (Å²) in [5.74, 6) is -0.939. The third-order valence-corrected chi connectivity index (χ3v) is 3.46. The summed E-state index contributed by atoms with van der Waals surface area (Å²) in [6, 6.07) is 1.83. The second-order valence-electron chi connectivity index (χ2n) is 3.94. The van der Waals surface area contributed by atoms with Gasteiger partial charge in [-0.1, -0.05) is 6.92 Å². The molecular formula is C12H17NO3S. The lowest BCUT2D eigenvalue weighted by Gasteiger charge is -2.12. The molecule has 2 N–H and O–H groups in total. The summed E-state index contributed by atoms with van der Waals surface area (Å²) in [4.78, 5) is 23.0. The normalized spacial score (nSPS) is 12.1. The van der Waals surface area contributed by atoms with Gasteiger partial charge in [0.1, 0.15) is 0 Å². The minimum atomic E-state index is -0.837. The third kappa shape index (κ3) is 4.19. The van der Waals surface area contributed by atoms with E-state index in [2.05, 4.69) is 5.32 Å². The summed E-state index contributed by atoms with van der Waals surface area (Å²) >= 11 is 1.42. The summed E-state index contributed by atoms with van der Waals surface area (Å²) in [7, 11) is 0. The van der Waals surface area contributed by atoms with Crippen LogP contribution in [0.1, 0.15) is 41.9 Å². The zero-order valence-electron chi connectivity index (χ0n) is 10.0. The van der Waals surface area contributed by atoms with E-state index in [4.69, 9.17) is 5.11 Å². The summed E-state index contributed by atoms with van der Waals surface area (Å²) < 4.78 is 0. The van der Waals surface area contributed by atoms with Gasteiger partial charge >= 0.3 is 5.97 Å². The highest BCUT2D eigenvalue weighted by molar-refractivity contribution is 7.12. The molecule has 0 aliphatic rings. The van der Waals surface area contributed by atoms with Crippen molar-refractivity contribution >= 4 is 23.2 Å². The maximum Gasteiger partial charge on any atom is 0.303 e. The van der Waals surface area contributed by atoms with E-state index in [9.17, 15) is 9.59 Å². The molecule has 94 valence electrons. The lowest BCUT2D eigenvalue weighted by Crippen LogP contribution is -2.32. The molecule has 17 heavy (non-hydrogen) atoms. The van der Waals surface area contributed by atoms with Crippen molar-refractivity contribution in [2.75, 3.05) is 0 Å². The summed E-state index contributed by atoms with van der Waals surface area (Å²) in [5.41, 5.74) is 1.04. The van der Waals surface area contributed by atoms with Crippen LogP contribution in [0.15, 0.2) is 11.4 Å². The first-order valence-corrected chi connectivity index (χ1v) is 6.51. The number of aliphatic carboxylic acids is 1. The number of nitrogens with one attached hydrogen (secondary N) is 1. The van der Waals surface area contributed by atoms with Crippen molar-refractivity contribution in [1.82, 2.24) is 5.32 Å². The average molecular weight is 255 g/mol. The molecule has 0 saturated heterocycles. The minimum Gasteiger partial charge on any atom is -0.481 e. The number of carboxylic acids is 1. The number of hydrogen-bond acceptors (Lipinski definition) is 3. The van der Waals surface area contributed by atoms with Crippen molar-refractivity contribution in [2.45, 2.75) is 39.2 Å². The van der Waals surface area contributed by atoms with Gasteiger partial charge in [-0.15, -0.1) is 11.3 Å². The molecule has 1 aromatic heterocycles. The molecule has 4 nitrogen and oxygen atoms in total. The SMILES string of the molecule is CCc1ccsc1C(=O)NC(C)CCC(=O)O. The quantitative estimate of drug-likeness (QED) is 0.819. The largest absolute Gasteiger partial charge is 0.481 e. The van der Waals surface area contributed by atoms with Crippen LogP contribution in [-0.2, 0) is 11.2 Å². The zero-order chi connectivity index (χ0) is 12.8. The average Bonchev–Trinajstić information content (AvgIpc) is 2.74. The molecule has 1 unspecified atom stereocenters. The molecule has 0 radical (unpaired) electrons. The van der Waals surface area contributed by atoms with Gasteiger partial charge in [-0.25, -0.2) is 0 Å². The number of carboxylic acid groups (broad SMARTS) is 1. The Morgan fingerprint density at radius 2 is 2.24 bits per heavy atom. The Kier molecular flexibility index (Phi) is 5.15. The first-order valence-electron chi connectivity index (χ1n) is 5.63. The molecule has 0 fully saturated rings. The molecule has 1 amide bonds. The maximum absolute atomic E-state index is 11.9. The van der Waals surface area contributed by atoms with E-state index in [1.807, 2.05) is 25.3 Å². The van der Waals surface area contributed by atoms with Crippen molar-refractivity contribution in [3.05, 3.63) is 21.9 Å². The van der Waals surface area contributed by atoms with E-state index in [0.29, 0.717) is 6.42 Å². The number of amides is 1. The van der Waals surface area contributed by atoms with E-state index in [0.717, 1.165) is 16.9 Å². The Balaban J connectivity index is 2.51. The minimum absolute atomic E-state index is 0.0759. The number of rotatable bonds is 6. The highest BCUT2D eigenvalue weighted by Gasteiger charge is 2.14. The first kappa shape index (κ1) is 13.7. The number of carbonyl (C=O) groups excluding carboxylic acids is 1. The van der Waals surface area contributed by atoms with Crippen molar-refractivity contribution in [3.8, 4) is 0 Å². The van der Waals surface area contributed by atoms with E-state index in [1.54, 1.807) is 0 Å². The molecule has 0 aromatic carbocycles. The fraction of sp³-hybridized carbons (Fsp3) is 0.500. The predicted octanol–water partition coefficient (Wildman–Crippen LogP) is 2.29. The smallest absolute Gasteiger partial charge is 0.303 e. The Morgan fingerprint density at radius 1 is 1.53 bits per heavy atom. The van der Waals surface area contributed by atoms with Gasteiger partial charge < -0.3 is 10.4 Å². The predicted molar refractivity (Wildman–Crippen MR) is 67.5 cm³/mol. The highest BCUT2D eigenvalue weighted by atomic mass is 32.1. The van der Waals surface area contributed by atoms with Gasteiger partial charge in [0.2, 0.25) is 0 Å². The van der Waals surface area contributed by atoms with Crippen molar-refractivity contribution in [1.29, 1.82) is 0 Å². The monoisotopic (exact) mass is 255 g/mol. The van der Waals surface area contributed by atoms with Crippen molar-refractivity contribution < 1.29 is 14.7 Å². The van der Waals surface area contributed by atoms with E-state index < -0.39 is 5.97 Å². The molecule has 0 spiro atoms. The highest BCUT2D eigenvalue weighted by Crippen LogP contribution is 2.17. The summed E-state index contributed by atoms with van der Waals surface area (Å²) in [6.07, 6.45) is 1.36. The van der Waals surface area contributed by atoms with Crippen LogP contribution >= 0.6 is 11.3 Å². The molecule has 0 aliphatic heterocycles. The fourth-order valence-electron chi connectivity index (χ4n) is 1.51. The number of aryl methyl sites for hydroxylation is 1. The van der Waals surface area contributed by atoms with Gasteiger partial charge in [0, 0.05) is 12.5 Å². The van der Waals surface area contributed by atoms with Crippen LogP contribution in [0.3, 0.4) is 0 Å². The molecule has 1 atom stereocenters. The molecular weight excluding hydrogens is 238 g/mol. The second-order valence-corrected chi connectivity index (χ2v) is 4.85. The van der Waals surface area contributed by atoms with Gasteiger partial charge in [-0.2, -0.15) is 0 Å². The van der Waals surface area contributed by atoms with Crippen molar-refractivity contribution in [2.24, 2.45) is 0 Å². The molecule has 0 aliphatic carbocycles. The molecule has 0 saturated carbocycles. The topological polar surface area (TPSA) is 66.4 Å². The molecule has 1 aromatic rings. The zero-order valence-corrected chi connectivity index (χ0v) is 10.8. The lowest BCUT2D eigenvalue weighted by atomic mass is 10.1. The number of thiophene rings is 1. The van der Waals surface area contributed by atoms with Gasteiger partial charge in [-0.3, -0.25) is 9.59 Å². The number of carbonyl (C=O) groups is 2. The Hall–Kier alpha value is -1.36. The first-order chi connectivity index (χ1) is 8.04. The Labute approximate surface area is 105 Å². The maximum atomic E-state index is 11.9. The van der Waals surface area contributed by atoms with Crippen LogP contribution < -0.4 is 5.32 Å². The molecule has 5 heteroatoms. The Bertz CT molecular complexity index is 400. The van der Waals surface area contributed by atoms with E-state index in [-0.39, 0.29) is 18.4 Å². The second kappa shape index (κ2) is 6.39. The van der Waals surface area contributed by atoms with Gasteiger partial charge in [0.25, 0.3) is 5.91 Å². The van der Waals surface area contributed by atoms with Crippen LogP contribution in [0, 0.1) is 0 Å². The van der Waals surface area contributed by atoms with Gasteiger partial charge in [0.05, 0.1) is 4.88 Å². The fourth-order valence-corrected chi connectivity index (χ4v) is 2.41. The van der Waals surface area contributed by atoms with Crippen LogP contribution in [0.2, 0.25) is 0 Å². The van der Waals surface area contributed by atoms with Crippen LogP contribution in [-0.4, -0.2) is 23.0 Å². The van der Waals surface area contributed by atoms with E-state index in [1.165, 1.54) is 11.3 Å². The van der Waals surface area contributed by atoms with Crippen LogP contribution in [0.25, 0.3) is 0 Å². The summed E-state index contributed by atoms with van der Waals surface area (Å²) in [5, 5.41) is 13.3. The third-order valence-electron chi connectivity index (χ3n) is 2.50. The number of hydrogen-bond donors (Lipinski definition) is 2. The van der Waals surface area contributed by atoms with Crippen molar-refractivity contribution in [3.63, 3.8) is 0 Å². The standard InChI is InChI=1S/C12H17NO3S/c1-3-9-6-7-17-11(9)12(16)13-8(2)4-5-10(14)15/h6-8H,3-5H2,1-2H3,(H,13,16)(H,14,15). The summed E-state index contributed by atoms with van der Waals surface area (Å²) in [6.45, 7) is 3.83. The molecule has 1 rings (SSSR count). The van der Waals surface area contributed by atoms with Crippen LogP contribution in [0.4, 0.5) is 0 Å². The van der Waals surface area contributed by atoms with Gasteiger partial charge in [-0.05, 0) is 36.8 Å². The van der Waals surface area contributed by atoms with Gasteiger partial charge in [0.15, 0.2) is 0 Å². The molecule has 1 heterocycles. The van der Waals surface area contributed by atoms with Crippen LogP contribution in [0.5, 0.6) is 0 Å². The lowest BCUT2D eigenvalue weighted by molar-refractivity contribution is -0.137. The Morgan fingerprint density at radius 3 is 2.82 bits per heavy atom.